The van der Waals surface area contributed by atoms with Gasteiger partial charge in [-0.1, -0.05) is 54.3 Å². The van der Waals surface area contributed by atoms with Crippen LogP contribution in [0, 0.1) is 0 Å². The van der Waals surface area contributed by atoms with E-state index in [1.165, 1.54) is 0 Å². The Labute approximate surface area is 113 Å². The summed E-state index contributed by atoms with van der Waals surface area (Å²) >= 11 is 3.39. The molecule has 1 aromatic carbocycles. The topological polar surface area (TPSA) is 20.2 Å². The molecule has 0 amide bonds. The lowest BCUT2D eigenvalue weighted by molar-refractivity contribution is 0.216. The summed E-state index contributed by atoms with van der Waals surface area (Å²) in [6.45, 7) is 10.5. The van der Waals surface area contributed by atoms with Crippen molar-refractivity contribution in [3.05, 3.63) is 52.2 Å². The lowest BCUT2D eigenvalue weighted by atomic mass is 10.0. The first-order valence-electron chi connectivity index (χ1n) is 5.66. The first kappa shape index (κ1) is 14.5. The maximum absolute atomic E-state index is 10.3. The van der Waals surface area contributed by atoms with E-state index in [1.807, 2.05) is 24.3 Å². The Morgan fingerprint density at radius 2 is 1.88 bits per heavy atom. The predicted molar refractivity (Wildman–Crippen MR) is 79.9 cm³/mol. The summed E-state index contributed by atoms with van der Waals surface area (Å²) in [6.07, 6.45) is -0.577. The molecule has 1 rings (SSSR count). The summed E-state index contributed by atoms with van der Waals surface area (Å²) in [5, 5.41) is 10.3. The highest BCUT2D eigenvalue weighted by Crippen LogP contribution is 2.28. The van der Waals surface area contributed by atoms with Gasteiger partial charge in [0.2, 0.25) is 0 Å². The molecule has 0 fully saturated rings. The van der Waals surface area contributed by atoms with Crippen molar-refractivity contribution in [1.82, 2.24) is 0 Å². The number of hydrogen-bond donors (Lipinski definition) is 1. The largest absolute Gasteiger partial charge is 0.383 e. The third-order valence-electron chi connectivity index (χ3n) is 2.46. The van der Waals surface area contributed by atoms with E-state index in [0.29, 0.717) is 0 Å². The Bertz CT molecular complexity index is 425. The maximum atomic E-state index is 10.3. The molecule has 0 bridgehead atoms. The lowest BCUT2D eigenvalue weighted by Gasteiger charge is -2.21. The van der Waals surface area contributed by atoms with Gasteiger partial charge < -0.3 is 5.11 Å². The van der Waals surface area contributed by atoms with Gasteiger partial charge in [0.05, 0.1) is 0 Å². The van der Waals surface area contributed by atoms with Gasteiger partial charge in [-0.15, -0.1) is 5.73 Å². The molecule has 0 aromatic heterocycles. The van der Waals surface area contributed by atoms with E-state index in [2.05, 4.69) is 47.9 Å². The van der Waals surface area contributed by atoms with Crippen LogP contribution in [0.5, 0.6) is 0 Å². The van der Waals surface area contributed by atoms with Crippen molar-refractivity contribution in [3.63, 3.8) is 0 Å². The number of halogens is 1. The van der Waals surface area contributed by atoms with E-state index in [0.717, 1.165) is 21.7 Å². The van der Waals surface area contributed by atoms with Crippen LogP contribution in [0.15, 0.2) is 46.6 Å². The Morgan fingerprint density at radius 1 is 1.35 bits per heavy atom. The van der Waals surface area contributed by atoms with Crippen LogP contribution in [-0.4, -0.2) is 13.2 Å². The van der Waals surface area contributed by atoms with Crippen LogP contribution < -0.4 is 0 Å². The molecule has 0 aliphatic heterocycles. The van der Waals surface area contributed by atoms with Gasteiger partial charge in [0, 0.05) is 18.1 Å². The van der Waals surface area contributed by atoms with Gasteiger partial charge >= 0.3 is 0 Å². The fourth-order valence-corrected chi connectivity index (χ4v) is 3.40. The monoisotopic (exact) mass is 310 g/mol. The highest BCUT2D eigenvalue weighted by atomic mass is 79.9. The molecular weight excluding hydrogens is 292 g/mol. The highest BCUT2D eigenvalue weighted by Gasteiger charge is 2.21. The Kier molecular flexibility index (Phi) is 4.96. The van der Waals surface area contributed by atoms with Gasteiger partial charge in [0.15, 0.2) is 0 Å². The summed E-state index contributed by atoms with van der Waals surface area (Å²) in [7, 11) is -1.26. The minimum Gasteiger partial charge on any atom is -0.383 e. The van der Waals surface area contributed by atoms with Crippen molar-refractivity contribution >= 4 is 24.0 Å². The van der Waals surface area contributed by atoms with Gasteiger partial charge in [-0.05, 0) is 23.7 Å². The van der Waals surface area contributed by atoms with Crippen molar-refractivity contribution < 1.29 is 5.11 Å². The standard InChI is InChI=1S/C14H19BrOSi/c1-5-11(10-17(2,3)4)14(16)12-6-8-13(15)9-7-12/h6-9,14,16H,1,10H2,2-4H3/t14-/m0/s1. The molecule has 92 valence electrons. The normalized spacial score (nSPS) is 13.0. The van der Waals surface area contributed by atoms with Crippen LogP contribution in [0.4, 0.5) is 0 Å². The van der Waals surface area contributed by atoms with Crippen molar-refractivity contribution in [2.24, 2.45) is 0 Å². The van der Waals surface area contributed by atoms with Crippen LogP contribution in [0.1, 0.15) is 11.7 Å². The zero-order valence-electron chi connectivity index (χ0n) is 10.6. The van der Waals surface area contributed by atoms with Crippen LogP contribution >= 0.6 is 15.9 Å². The first-order chi connectivity index (χ1) is 7.83. The maximum Gasteiger partial charge on any atom is 0.107 e. The zero-order valence-corrected chi connectivity index (χ0v) is 13.2. The van der Waals surface area contributed by atoms with Gasteiger partial charge in [-0.2, -0.15) is 0 Å². The molecule has 0 aliphatic rings. The smallest absolute Gasteiger partial charge is 0.107 e. The van der Waals surface area contributed by atoms with E-state index < -0.39 is 14.2 Å². The average Bonchev–Trinajstić information content (AvgIpc) is 2.25. The number of aliphatic hydroxyl groups is 1. The molecule has 1 nitrogen and oxygen atoms in total. The molecule has 0 unspecified atom stereocenters. The molecule has 0 saturated heterocycles. The van der Waals surface area contributed by atoms with E-state index in [4.69, 9.17) is 0 Å². The Morgan fingerprint density at radius 3 is 2.29 bits per heavy atom. The summed E-state index contributed by atoms with van der Waals surface area (Å²) in [5.41, 5.74) is 4.72. The second-order valence-electron chi connectivity index (χ2n) is 5.39. The lowest BCUT2D eigenvalue weighted by Crippen LogP contribution is -2.21. The second kappa shape index (κ2) is 5.83. The fraction of sp³-hybridized carbons (Fsp3) is 0.357. The number of aliphatic hydroxyl groups excluding tert-OH is 1. The SMILES string of the molecule is C=C=C(C[Si](C)(C)C)[C@H](O)c1ccc(Br)cc1. The summed E-state index contributed by atoms with van der Waals surface area (Å²) in [6, 6.07) is 8.65. The molecule has 0 heterocycles. The molecular formula is C14H19BrOSi. The third kappa shape index (κ3) is 4.64. The van der Waals surface area contributed by atoms with Gasteiger partial charge in [0.1, 0.15) is 6.10 Å². The van der Waals surface area contributed by atoms with Crippen LogP contribution in [0.2, 0.25) is 25.7 Å². The van der Waals surface area contributed by atoms with Crippen molar-refractivity contribution in [2.75, 3.05) is 0 Å². The average molecular weight is 311 g/mol. The summed E-state index contributed by atoms with van der Waals surface area (Å²) in [4.78, 5) is 0. The predicted octanol–water partition coefficient (Wildman–Crippen LogP) is 4.53. The molecule has 0 spiro atoms. The number of rotatable bonds is 4. The fourth-order valence-electron chi connectivity index (χ4n) is 1.67. The molecule has 1 aromatic rings. The Balaban J connectivity index is 2.91. The minimum atomic E-state index is -1.26. The molecule has 0 aliphatic carbocycles. The van der Waals surface area contributed by atoms with Crippen LogP contribution in [0.3, 0.4) is 0 Å². The molecule has 3 heteroatoms. The van der Waals surface area contributed by atoms with Gasteiger partial charge in [0.25, 0.3) is 0 Å². The van der Waals surface area contributed by atoms with Crippen LogP contribution in [-0.2, 0) is 0 Å². The quantitative estimate of drug-likeness (QED) is 0.640. The summed E-state index contributed by atoms with van der Waals surface area (Å²) < 4.78 is 1.02. The highest BCUT2D eigenvalue weighted by molar-refractivity contribution is 9.10. The van der Waals surface area contributed by atoms with E-state index in [1.54, 1.807) is 0 Å². The number of hydrogen-bond acceptors (Lipinski definition) is 1. The van der Waals surface area contributed by atoms with Gasteiger partial charge in [-0.25, -0.2) is 0 Å². The van der Waals surface area contributed by atoms with E-state index in [9.17, 15) is 5.11 Å². The van der Waals surface area contributed by atoms with Crippen molar-refractivity contribution in [2.45, 2.75) is 31.8 Å². The van der Waals surface area contributed by atoms with Crippen molar-refractivity contribution in [3.8, 4) is 0 Å². The molecule has 1 atom stereocenters. The molecule has 1 N–H and O–H groups in total. The van der Waals surface area contributed by atoms with E-state index >= 15 is 0 Å². The second-order valence-corrected chi connectivity index (χ2v) is 11.8. The van der Waals surface area contributed by atoms with Crippen LogP contribution in [0.25, 0.3) is 0 Å². The third-order valence-corrected chi connectivity index (χ3v) is 4.43. The van der Waals surface area contributed by atoms with Crippen molar-refractivity contribution in [1.29, 1.82) is 0 Å². The molecule has 17 heavy (non-hydrogen) atoms. The summed E-state index contributed by atoms with van der Waals surface area (Å²) in [5.74, 6) is 0. The van der Waals surface area contributed by atoms with E-state index in [-0.39, 0.29) is 0 Å². The van der Waals surface area contributed by atoms with Gasteiger partial charge in [-0.3, -0.25) is 0 Å². The number of benzene rings is 1. The zero-order chi connectivity index (χ0) is 13.1. The molecule has 0 saturated carbocycles. The minimum absolute atomic E-state index is 0.577. The molecule has 0 radical (unpaired) electrons. The first-order valence-corrected chi connectivity index (χ1v) is 10.2. The Hall–Kier alpha value is -0.603.